The van der Waals surface area contributed by atoms with E-state index in [-0.39, 0.29) is 18.2 Å². The molecule has 1 aromatic heterocycles. The van der Waals surface area contributed by atoms with Gasteiger partial charge in [0.1, 0.15) is 11.6 Å². The van der Waals surface area contributed by atoms with Crippen LogP contribution in [0.4, 0.5) is 22.4 Å². The topological polar surface area (TPSA) is 60.5 Å². The lowest BCUT2D eigenvalue weighted by molar-refractivity contribution is -0.160. The fourth-order valence-corrected chi connectivity index (χ4v) is 1.66. The zero-order valence-corrected chi connectivity index (χ0v) is 12.1. The van der Waals surface area contributed by atoms with E-state index < -0.39 is 24.7 Å². The molecule has 2 rings (SSSR count). The molecule has 0 aliphatic carbocycles. The van der Waals surface area contributed by atoms with Gasteiger partial charge in [0, 0.05) is 17.8 Å². The second-order valence-electron chi connectivity index (χ2n) is 4.57. The molecular weight excluding hydrogens is 332 g/mol. The molecule has 24 heavy (non-hydrogen) atoms. The molecule has 0 saturated carbocycles. The number of pyridine rings is 1. The van der Waals surface area contributed by atoms with Crippen LogP contribution in [-0.4, -0.2) is 23.9 Å². The SMILES string of the molecule is O=C(NCc1cccnc1Oc1cccc(F)c1)OCC(F)(F)F. The third kappa shape index (κ3) is 5.75. The summed E-state index contributed by atoms with van der Waals surface area (Å²) in [6.07, 6.45) is -4.41. The minimum absolute atomic E-state index is 0.0826. The van der Waals surface area contributed by atoms with Crippen LogP contribution in [0.3, 0.4) is 0 Å². The molecule has 0 aliphatic heterocycles. The number of nitrogens with zero attached hydrogens (tertiary/aromatic N) is 1. The molecule has 0 unspecified atom stereocenters. The summed E-state index contributed by atoms with van der Waals surface area (Å²) >= 11 is 0. The smallest absolute Gasteiger partial charge is 0.422 e. The van der Waals surface area contributed by atoms with Gasteiger partial charge in [-0.05, 0) is 18.2 Å². The van der Waals surface area contributed by atoms with Crippen LogP contribution in [0.1, 0.15) is 5.56 Å². The summed E-state index contributed by atoms with van der Waals surface area (Å²) in [7, 11) is 0. The quantitative estimate of drug-likeness (QED) is 0.838. The van der Waals surface area contributed by atoms with Gasteiger partial charge in [0.25, 0.3) is 0 Å². The van der Waals surface area contributed by atoms with Gasteiger partial charge in [-0.2, -0.15) is 13.2 Å². The van der Waals surface area contributed by atoms with Crippen molar-refractivity contribution in [3.8, 4) is 11.6 Å². The maximum absolute atomic E-state index is 13.1. The van der Waals surface area contributed by atoms with E-state index in [0.29, 0.717) is 5.56 Å². The van der Waals surface area contributed by atoms with E-state index in [9.17, 15) is 22.4 Å². The largest absolute Gasteiger partial charge is 0.440 e. The third-order valence-corrected chi connectivity index (χ3v) is 2.65. The van der Waals surface area contributed by atoms with Gasteiger partial charge in [0.05, 0.1) is 6.54 Å². The first kappa shape index (κ1) is 17.5. The highest BCUT2D eigenvalue weighted by Gasteiger charge is 2.29. The zero-order chi connectivity index (χ0) is 17.6. The summed E-state index contributed by atoms with van der Waals surface area (Å²) in [5.41, 5.74) is 0.380. The van der Waals surface area contributed by atoms with E-state index in [1.54, 1.807) is 12.1 Å². The van der Waals surface area contributed by atoms with E-state index in [0.717, 1.165) is 6.07 Å². The van der Waals surface area contributed by atoms with Gasteiger partial charge in [-0.25, -0.2) is 14.2 Å². The van der Waals surface area contributed by atoms with Crippen LogP contribution in [0, 0.1) is 5.82 Å². The van der Waals surface area contributed by atoms with E-state index >= 15 is 0 Å². The van der Waals surface area contributed by atoms with Gasteiger partial charge in [-0.15, -0.1) is 0 Å². The number of nitrogens with one attached hydrogen (secondary N) is 1. The van der Waals surface area contributed by atoms with Crippen LogP contribution in [0.15, 0.2) is 42.6 Å². The minimum atomic E-state index is -4.60. The molecule has 0 atom stereocenters. The van der Waals surface area contributed by atoms with Gasteiger partial charge in [0.2, 0.25) is 5.88 Å². The predicted octanol–water partition coefficient (Wildman–Crippen LogP) is 3.80. The molecule has 1 N–H and O–H groups in total. The number of alkyl carbamates (subject to hydrolysis) is 1. The summed E-state index contributed by atoms with van der Waals surface area (Å²) in [5.74, 6) is -0.229. The number of hydrogen-bond donors (Lipinski definition) is 1. The fraction of sp³-hybridized carbons (Fsp3) is 0.200. The Labute approximate surface area is 134 Å². The Balaban J connectivity index is 1.97. The number of benzene rings is 1. The van der Waals surface area contributed by atoms with Gasteiger partial charge in [0.15, 0.2) is 6.61 Å². The lowest BCUT2D eigenvalue weighted by Crippen LogP contribution is -2.28. The third-order valence-electron chi connectivity index (χ3n) is 2.65. The van der Waals surface area contributed by atoms with Gasteiger partial charge in [-0.3, -0.25) is 0 Å². The van der Waals surface area contributed by atoms with Crippen molar-refractivity contribution in [1.29, 1.82) is 0 Å². The molecule has 0 aliphatic rings. The number of halogens is 4. The molecule has 0 radical (unpaired) electrons. The van der Waals surface area contributed by atoms with Crippen LogP contribution in [0.2, 0.25) is 0 Å². The normalized spacial score (nSPS) is 11.0. The monoisotopic (exact) mass is 344 g/mol. The lowest BCUT2D eigenvalue weighted by atomic mass is 10.2. The van der Waals surface area contributed by atoms with Crippen molar-refractivity contribution in [1.82, 2.24) is 10.3 Å². The first-order valence-electron chi connectivity index (χ1n) is 6.68. The maximum atomic E-state index is 13.1. The molecule has 1 amide bonds. The van der Waals surface area contributed by atoms with E-state index in [1.807, 2.05) is 0 Å². The number of aromatic nitrogens is 1. The Morgan fingerprint density at radius 1 is 1.21 bits per heavy atom. The number of alkyl halides is 3. The Hall–Kier alpha value is -2.84. The molecule has 1 heterocycles. The van der Waals surface area contributed by atoms with Crippen LogP contribution in [0.5, 0.6) is 11.6 Å². The summed E-state index contributed by atoms with van der Waals surface area (Å²) in [6, 6.07) is 8.43. The lowest BCUT2D eigenvalue weighted by Gasteiger charge is -2.12. The van der Waals surface area contributed by atoms with E-state index in [4.69, 9.17) is 4.74 Å². The Morgan fingerprint density at radius 3 is 2.71 bits per heavy atom. The average molecular weight is 344 g/mol. The van der Waals surface area contributed by atoms with Crippen molar-refractivity contribution in [2.75, 3.05) is 6.61 Å². The molecule has 0 bridgehead atoms. The highest BCUT2D eigenvalue weighted by Crippen LogP contribution is 2.23. The Bertz CT molecular complexity index is 707. The molecule has 0 fully saturated rings. The number of amides is 1. The van der Waals surface area contributed by atoms with Gasteiger partial charge < -0.3 is 14.8 Å². The summed E-state index contributed by atoms with van der Waals surface area (Å²) in [6.45, 7) is -1.85. The van der Waals surface area contributed by atoms with Crippen molar-refractivity contribution >= 4 is 6.09 Å². The standard InChI is InChI=1S/C15H12F4N2O3/c16-11-4-1-5-12(7-11)24-13-10(3-2-6-20-13)8-21-14(22)23-9-15(17,18)19/h1-7H,8-9H2,(H,21,22). The fourth-order valence-electron chi connectivity index (χ4n) is 1.66. The molecule has 0 spiro atoms. The molecule has 2 aromatic rings. The summed E-state index contributed by atoms with van der Waals surface area (Å²) in [5, 5.41) is 2.15. The highest BCUT2D eigenvalue weighted by atomic mass is 19.4. The molecule has 9 heteroatoms. The van der Waals surface area contributed by atoms with Crippen LogP contribution in [0.25, 0.3) is 0 Å². The van der Waals surface area contributed by atoms with Crippen molar-refractivity contribution in [2.45, 2.75) is 12.7 Å². The average Bonchev–Trinajstić information content (AvgIpc) is 2.51. The Morgan fingerprint density at radius 2 is 2.00 bits per heavy atom. The first-order chi connectivity index (χ1) is 11.3. The van der Waals surface area contributed by atoms with Crippen molar-refractivity contribution in [3.63, 3.8) is 0 Å². The maximum Gasteiger partial charge on any atom is 0.422 e. The summed E-state index contributed by atoms with van der Waals surface area (Å²) in [4.78, 5) is 15.2. The van der Waals surface area contributed by atoms with Gasteiger partial charge >= 0.3 is 12.3 Å². The van der Waals surface area contributed by atoms with Crippen molar-refractivity contribution in [2.24, 2.45) is 0 Å². The number of carbonyl (C=O) groups excluding carboxylic acids is 1. The van der Waals surface area contributed by atoms with Crippen LogP contribution < -0.4 is 10.1 Å². The van der Waals surface area contributed by atoms with Gasteiger partial charge in [-0.1, -0.05) is 12.1 Å². The summed E-state index contributed by atoms with van der Waals surface area (Å²) < 4.78 is 58.4. The molecule has 0 saturated heterocycles. The Kier molecular flexibility index (Phi) is 5.56. The first-order valence-corrected chi connectivity index (χ1v) is 6.68. The van der Waals surface area contributed by atoms with Crippen LogP contribution >= 0.6 is 0 Å². The molecule has 1 aromatic carbocycles. The minimum Gasteiger partial charge on any atom is -0.440 e. The van der Waals surface area contributed by atoms with E-state index in [1.165, 1.54) is 24.4 Å². The predicted molar refractivity (Wildman–Crippen MR) is 75.0 cm³/mol. The van der Waals surface area contributed by atoms with Crippen LogP contribution in [-0.2, 0) is 11.3 Å². The zero-order valence-electron chi connectivity index (χ0n) is 12.1. The molecule has 128 valence electrons. The van der Waals surface area contributed by atoms with Crippen molar-refractivity contribution in [3.05, 3.63) is 54.0 Å². The number of ether oxygens (including phenoxy) is 2. The molecular formula is C15H12F4N2O3. The van der Waals surface area contributed by atoms with E-state index in [2.05, 4.69) is 15.0 Å². The molecule has 5 nitrogen and oxygen atoms in total. The van der Waals surface area contributed by atoms with Crippen molar-refractivity contribution < 1.29 is 31.8 Å². The second kappa shape index (κ2) is 7.62. The number of rotatable bonds is 5. The number of hydrogen-bond acceptors (Lipinski definition) is 4. The second-order valence-corrected chi connectivity index (χ2v) is 4.57. The number of carbonyl (C=O) groups is 1. The highest BCUT2D eigenvalue weighted by molar-refractivity contribution is 5.67.